The second-order valence-corrected chi connectivity index (χ2v) is 4.82. The number of benzene rings is 1. The van der Waals surface area contributed by atoms with Gasteiger partial charge in [0.2, 0.25) is 0 Å². The Hall–Kier alpha value is -1.02. The zero-order valence-electron chi connectivity index (χ0n) is 9.33. The highest BCUT2D eigenvalue weighted by Crippen LogP contribution is 2.31. The van der Waals surface area contributed by atoms with Crippen LogP contribution >= 0.6 is 11.6 Å². The van der Waals surface area contributed by atoms with Gasteiger partial charge >= 0.3 is 0 Å². The van der Waals surface area contributed by atoms with Gasteiger partial charge < -0.3 is 4.74 Å². The van der Waals surface area contributed by atoms with Crippen molar-refractivity contribution in [3.63, 3.8) is 0 Å². The van der Waals surface area contributed by atoms with Crippen LogP contribution in [0.5, 0.6) is 5.75 Å². The maximum atomic E-state index is 11.1. The molecule has 0 saturated heterocycles. The molecule has 0 heterocycles. The van der Waals surface area contributed by atoms with Crippen LogP contribution in [0, 0.1) is 5.92 Å². The Morgan fingerprint density at radius 1 is 1.50 bits per heavy atom. The molecule has 0 spiro atoms. The average Bonchev–Trinajstić information content (AvgIpc) is 2.99. The second kappa shape index (κ2) is 4.88. The number of ketones is 1. The molecule has 0 bridgehead atoms. The largest absolute Gasteiger partial charge is 0.493 e. The fraction of sp³-hybridized carbons (Fsp3) is 0.462. The van der Waals surface area contributed by atoms with E-state index in [-0.39, 0.29) is 5.78 Å². The van der Waals surface area contributed by atoms with Gasteiger partial charge in [0, 0.05) is 17.0 Å². The smallest absolute Gasteiger partial charge is 0.134 e. The second-order valence-electron chi connectivity index (χ2n) is 4.39. The molecule has 1 aromatic rings. The van der Waals surface area contributed by atoms with Crippen LogP contribution in [0.4, 0.5) is 0 Å². The summed E-state index contributed by atoms with van der Waals surface area (Å²) in [5.74, 6) is 1.63. The Balaban J connectivity index is 2.09. The molecule has 0 atom stereocenters. The molecule has 1 aliphatic rings. The fourth-order valence-electron chi connectivity index (χ4n) is 1.59. The van der Waals surface area contributed by atoms with Crippen LogP contribution < -0.4 is 4.74 Å². The highest BCUT2D eigenvalue weighted by atomic mass is 35.5. The van der Waals surface area contributed by atoms with Gasteiger partial charge in [-0.2, -0.15) is 0 Å². The van der Waals surface area contributed by atoms with Gasteiger partial charge in [-0.15, -0.1) is 0 Å². The van der Waals surface area contributed by atoms with Crippen molar-refractivity contribution in [1.82, 2.24) is 0 Å². The molecule has 86 valence electrons. The van der Waals surface area contributed by atoms with Crippen molar-refractivity contribution in [3.8, 4) is 5.75 Å². The van der Waals surface area contributed by atoms with Crippen molar-refractivity contribution in [1.29, 1.82) is 0 Å². The highest BCUT2D eigenvalue weighted by molar-refractivity contribution is 6.30. The molecule has 0 unspecified atom stereocenters. The summed E-state index contributed by atoms with van der Waals surface area (Å²) in [6, 6.07) is 5.46. The molecule has 1 fully saturated rings. The van der Waals surface area contributed by atoms with Crippen molar-refractivity contribution in [2.24, 2.45) is 5.92 Å². The molecule has 0 aliphatic heterocycles. The van der Waals surface area contributed by atoms with E-state index in [1.165, 1.54) is 12.8 Å². The van der Waals surface area contributed by atoms with Gasteiger partial charge in [-0.1, -0.05) is 11.6 Å². The summed E-state index contributed by atoms with van der Waals surface area (Å²) >= 11 is 5.91. The van der Waals surface area contributed by atoms with E-state index in [1.807, 2.05) is 12.1 Å². The topological polar surface area (TPSA) is 26.3 Å². The first-order valence-electron chi connectivity index (χ1n) is 5.56. The minimum atomic E-state index is 0.124. The average molecular weight is 239 g/mol. The van der Waals surface area contributed by atoms with Crippen molar-refractivity contribution in [3.05, 3.63) is 28.8 Å². The number of carbonyl (C=O) groups excluding carboxylic acids is 1. The van der Waals surface area contributed by atoms with Gasteiger partial charge in [0.1, 0.15) is 11.5 Å². The van der Waals surface area contributed by atoms with Crippen LogP contribution in [0.25, 0.3) is 0 Å². The van der Waals surface area contributed by atoms with Gasteiger partial charge in [-0.3, -0.25) is 4.79 Å². The third kappa shape index (κ3) is 3.24. The standard InChI is InChI=1S/C13H15ClO2/c1-9(15)6-11-7-12(14)4-5-13(11)16-8-10-2-3-10/h4-5,7,10H,2-3,6,8H2,1H3. The first-order valence-corrected chi connectivity index (χ1v) is 5.93. The first kappa shape index (κ1) is 11.5. The van der Waals surface area contributed by atoms with Crippen LogP contribution in [0.1, 0.15) is 25.3 Å². The van der Waals surface area contributed by atoms with Crippen LogP contribution in [0.15, 0.2) is 18.2 Å². The van der Waals surface area contributed by atoms with E-state index in [0.29, 0.717) is 17.4 Å². The number of halogens is 1. The minimum absolute atomic E-state index is 0.124. The maximum absolute atomic E-state index is 11.1. The predicted molar refractivity (Wildman–Crippen MR) is 64.1 cm³/mol. The third-order valence-corrected chi connectivity index (χ3v) is 2.87. The van der Waals surface area contributed by atoms with Crippen molar-refractivity contribution in [2.45, 2.75) is 26.2 Å². The summed E-state index contributed by atoms with van der Waals surface area (Å²) in [6.45, 7) is 2.33. The summed E-state index contributed by atoms with van der Waals surface area (Å²) in [5.41, 5.74) is 0.889. The normalized spacial score (nSPS) is 14.9. The molecular formula is C13H15ClO2. The van der Waals surface area contributed by atoms with E-state index in [9.17, 15) is 4.79 Å². The Bertz CT molecular complexity index is 397. The molecule has 2 nitrogen and oxygen atoms in total. The zero-order valence-corrected chi connectivity index (χ0v) is 10.1. The van der Waals surface area contributed by atoms with E-state index in [4.69, 9.17) is 16.3 Å². The van der Waals surface area contributed by atoms with Crippen LogP contribution in [-0.2, 0) is 11.2 Å². The van der Waals surface area contributed by atoms with E-state index in [2.05, 4.69) is 0 Å². The Labute approximate surface area is 101 Å². The van der Waals surface area contributed by atoms with E-state index >= 15 is 0 Å². The molecule has 2 rings (SSSR count). The monoisotopic (exact) mass is 238 g/mol. The molecule has 0 amide bonds. The minimum Gasteiger partial charge on any atom is -0.493 e. The number of carbonyl (C=O) groups is 1. The molecule has 3 heteroatoms. The molecule has 1 saturated carbocycles. The lowest BCUT2D eigenvalue weighted by molar-refractivity contribution is -0.116. The van der Waals surface area contributed by atoms with Crippen LogP contribution in [0.3, 0.4) is 0 Å². The maximum Gasteiger partial charge on any atom is 0.134 e. The number of hydrogen-bond acceptors (Lipinski definition) is 2. The van der Waals surface area contributed by atoms with Gasteiger partial charge in [0.15, 0.2) is 0 Å². The quantitative estimate of drug-likeness (QED) is 0.787. The summed E-state index contributed by atoms with van der Waals surface area (Å²) in [4.78, 5) is 11.1. The summed E-state index contributed by atoms with van der Waals surface area (Å²) in [5, 5.41) is 0.648. The number of ether oxygens (including phenoxy) is 1. The zero-order chi connectivity index (χ0) is 11.5. The SMILES string of the molecule is CC(=O)Cc1cc(Cl)ccc1OCC1CC1. The number of Topliss-reactive ketones (excluding diaryl/α,β-unsaturated/α-hetero) is 1. The van der Waals surface area contributed by atoms with Crippen LogP contribution in [-0.4, -0.2) is 12.4 Å². The molecular weight excluding hydrogens is 224 g/mol. The Morgan fingerprint density at radius 2 is 2.25 bits per heavy atom. The predicted octanol–water partition coefficient (Wildman–Crippen LogP) is 3.26. The molecule has 0 aromatic heterocycles. The Morgan fingerprint density at radius 3 is 2.88 bits per heavy atom. The molecule has 0 radical (unpaired) electrons. The highest BCUT2D eigenvalue weighted by Gasteiger charge is 2.22. The van der Waals surface area contributed by atoms with Crippen LogP contribution in [0.2, 0.25) is 5.02 Å². The van der Waals surface area contributed by atoms with Gasteiger partial charge in [0.25, 0.3) is 0 Å². The molecule has 1 aromatic carbocycles. The van der Waals surface area contributed by atoms with Crippen molar-refractivity contribution < 1.29 is 9.53 Å². The molecule has 1 aliphatic carbocycles. The number of rotatable bonds is 5. The van der Waals surface area contributed by atoms with Crippen molar-refractivity contribution in [2.75, 3.05) is 6.61 Å². The molecule has 16 heavy (non-hydrogen) atoms. The van der Waals surface area contributed by atoms with E-state index < -0.39 is 0 Å². The molecule has 0 N–H and O–H groups in total. The fourth-order valence-corrected chi connectivity index (χ4v) is 1.78. The lowest BCUT2D eigenvalue weighted by atomic mass is 10.1. The summed E-state index contributed by atoms with van der Waals surface area (Å²) in [7, 11) is 0. The van der Waals surface area contributed by atoms with Crippen molar-refractivity contribution >= 4 is 17.4 Å². The lowest BCUT2D eigenvalue weighted by Crippen LogP contribution is -2.04. The lowest BCUT2D eigenvalue weighted by Gasteiger charge is -2.10. The summed E-state index contributed by atoms with van der Waals surface area (Å²) in [6.07, 6.45) is 2.91. The van der Waals surface area contributed by atoms with E-state index in [1.54, 1.807) is 13.0 Å². The first-order chi connectivity index (χ1) is 7.65. The summed E-state index contributed by atoms with van der Waals surface area (Å²) < 4.78 is 5.71. The van der Waals surface area contributed by atoms with E-state index in [0.717, 1.165) is 17.9 Å². The third-order valence-electron chi connectivity index (χ3n) is 2.63. The Kier molecular flexibility index (Phi) is 3.49. The van der Waals surface area contributed by atoms with Gasteiger partial charge in [-0.05, 0) is 43.9 Å². The van der Waals surface area contributed by atoms with Gasteiger partial charge in [-0.25, -0.2) is 0 Å². The number of hydrogen-bond donors (Lipinski definition) is 0. The van der Waals surface area contributed by atoms with Gasteiger partial charge in [0.05, 0.1) is 6.61 Å².